The maximum Gasteiger partial charge on any atom is 0.282 e. The third-order valence-corrected chi connectivity index (χ3v) is 5.89. The molecule has 0 saturated carbocycles. The van der Waals surface area contributed by atoms with Crippen LogP contribution in [-0.2, 0) is 0 Å². The number of thiazole rings is 1. The molecule has 1 fully saturated rings. The lowest BCUT2D eigenvalue weighted by molar-refractivity contribution is -0.104. The van der Waals surface area contributed by atoms with Gasteiger partial charge in [-0.25, -0.2) is 15.0 Å². The summed E-state index contributed by atoms with van der Waals surface area (Å²) in [7, 11) is 0. The molecule has 9 nitrogen and oxygen atoms in total. The second-order valence-corrected chi connectivity index (χ2v) is 7.93. The number of hydrogen-bond acceptors (Lipinski definition) is 8. The van der Waals surface area contributed by atoms with Gasteiger partial charge in [-0.1, -0.05) is 11.3 Å². The summed E-state index contributed by atoms with van der Waals surface area (Å²) in [5.41, 5.74) is 8.41. The molecule has 3 aromatic rings. The van der Waals surface area contributed by atoms with Crippen molar-refractivity contribution in [1.82, 2.24) is 19.9 Å². The molecule has 1 saturated heterocycles. The van der Waals surface area contributed by atoms with Gasteiger partial charge in [0, 0.05) is 24.8 Å². The van der Waals surface area contributed by atoms with Crippen LogP contribution in [0.1, 0.15) is 41.6 Å². The summed E-state index contributed by atoms with van der Waals surface area (Å²) < 4.78 is 5.71. The van der Waals surface area contributed by atoms with Crippen molar-refractivity contribution in [3.05, 3.63) is 29.0 Å². The van der Waals surface area contributed by atoms with Crippen LogP contribution < -0.4 is 21.2 Å². The van der Waals surface area contributed by atoms with Crippen molar-refractivity contribution >= 4 is 51.0 Å². The Balaban J connectivity index is 1.69. The number of anilines is 3. The molecule has 1 aliphatic heterocycles. The number of amides is 1. The van der Waals surface area contributed by atoms with Crippen molar-refractivity contribution in [3.8, 4) is 5.75 Å². The van der Waals surface area contributed by atoms with Gasteiger partial charge in [-0.3, -0.25) is 10.2 Å². The largest absolute Gasteiger partial charge is 0.492 e. The fraction of sp³-hybridized carbons (Fsp3) is 0.350. The Bertz CT molecular complexity index is 1090. The van der Waals surface area contributed by atoms with Crippen molar-refractivity contribution < 1.29 is 14.9 Å². The lowest BCUT2D eigenvalue weighted by atomic mass is 10.1. The molecule has 5 N–H and O–H groups in total. The predicted molar refractivity (Wildman–Crippen MR) is 117 cm³/mol. The average molecular weight is 427 g/mol. The first-order valence-electron chi connectivity index (χ1n) is 9.89. The first-order valence-corrected chi connectivity index (χ1v) is 10.7. The van der Waals surface area contributed by atoms with E-state index >= 15 is 0 Å². The van der Waals surface area contributed by atoms with Crippen LogP contribution in [0, 0.1) is 0 Å². The van der Waals surface area contributed by atoms with Crippen LogP contribution in [-0.4, -0.2) is 51.7 Å². The van der Waals surface area contributed by atoms with Crippen LogP contribution in [0.4, 0.5) is 17.2 Å². The monoisotopic (exact) mass is 426 g/mol. The topological polar surface area (TPSA) is 132 Å². The Labute approximate surface area is 177 Å². The van der Waals surface area contributed by atoms with E-state index in [4.69, 9.17) is 15.9 Å². The molecule has 10 heteroatoms. The number of fused-ring (bicyclic) bond motifs is 1. The summed E-state index contributed by atoms with van der Waals surface area (Å²) in [5, 5.41) is 9.35. The van der Waals surface area contributed by atoms with Crippen LogP contribution in [0.3, 0.4) is 0 Å². The first kappa shape index (κ1) is 20.0. The predicted octanol–water partition coefficient (Wildman–Crippen LogP) is 1.61. The van der Waals surface area contributed by atoms with Crippen LogP contribution >= 0.6 is 11.3 Å². The van der Waals surface area contributed by atoms with E-state index in [0.29, 0.717) is 50.5 Å². The summed E-state index contributed by atoms with van der Waals surface area (Å²) in [4.78, 5) is 28.5. The summed E-state index contributed by atoms with van der Waals surface area (Å²) in [6.07, 6.45) is 6.10. The van der Waals surface area contributed by atoms with Gasteiger partial charge < -0.3 is 20.7 Å². The van der Waals surface area contributed by atoms with Gasteiger partial charge in [0.1, 0.15) is 22.4 Å². The summed E-state index contributed by atoms with van der Waals surface area (Å²) >= 11 is 1.28. The number of rotatable bonds is 6. The number of nitrogens with zero attached hydrogens (tertiary/aromatic N) is 4. The molecule has 0 radical (unpaired) electrons. The number of aromatic nitrogens is 3. The fourth-order valence-corrected chi connectivity index (χ4v) is 4.30. The van der Waals surface area contributed by atoms with Crippen molar-refractivity contribution in [2.75, 3.05) is 30.7 Å². The van der Waals surface area contributed by atoms with E-state index in [0.717, 1.165) is 32.4 Å². The minimum Gasteiger partial charge on any atom is -0.492 e. The number of piperidine rings is 1. The third kappa shape index (κ3) is 3.90. The van der Waals surface area contributed by atoms with Crippen molar-refractivity contribution in [3.63, 3.8) is 0 Å². The van der Waals surface area contributed by atoms with Crippen molar-refractivity contribution in [1.29, 1.82) is 0 Å². The zero-order valence-electron chi connectivity index (χ0n) is 16.7. The van der Waals surface area contributed by atoms with Gasteiger partial charge in [0.25, 0.3) is 5.91 Å². The maximum absolute atomic E-state index is 12.9. The third-order valence-electron chi connectivity index (χ3n) is 4.94. The van der Waals surface area contributed by atoms with Crippen molar-refractivity contribution in [2.24, 2.45) is 0 Å². The molecular formula is C20H24N7O2S+. The van der Waals surface area contributed by atoms with E-state index in [9.17, 15) is 4.79 Å². The normalized spacial score (nSPS) is 14.0. The number of nitrogens with one attached hydrogen (secondary N) is 1. The van der Waals surface area contributed by atoms with Crippen LogP contribution in [0.25, 0.3) is 10.3 Å². The molecule has 4 rings (SSSR count). The zero-order valence-corrected chi connectivity index (χ0v) is 17.5. The highest BCUT2D eigenvalue weighted by molar-refractivity contribution is 7.19. The Kier molecular flexibility index (Phi) is 5.75. The number of carbonyl (C=O) groups is 1. The number of hydrogen-bond donors (Lipinski definition) is 3. The molecule has 2 aromatic heterocycles. The lowest BCUT2D eigenvalue weighted by Gasteiger charge is -2.25. The molecule has 0 bridgehead atoms. The number of carbonyl (C=O) groups excluding carboxylic acids is 1. The van der Waals surface area contributed by atoms with E-state index in [-0.39, 0.29) is 5.91 Å². The Hall–Kier alpha value is -3.27. The molecular weight excluding hydrogens is 402 g/mol. The SMILES string of the molecule is CCOc1cc(N)c(C=[NH2+])cc1Nc1ncnc2sc(C(=O)N3CCCCC3)nc12. The van der Waals surface area contributed by atoms with E-state index in [1.807, 2.05) is 11.8 Å². The molecule has 0 atom stereocenters. The fourth-order valence-electron chi connectivity index (χ4n) is 3.43. The smallest absolute Gasteiger partial charge is 0.282 e. The van der Waals surface area contributed by atoms with Crippen molar-refractivity contribution in [2.45, 2.75) is 26.2 Å². The second-order valence-electron chi connectivity index (χ2n) is 6.95. The van der Waals surface area contributed by atoms with Gasteiger partial charge >= 0.3 is 0 Å². The number of ether oxygens (including phenoxy) is 1. The number of benzene rings is 1. The summed E-state index contributed by atoms with van der Waals surface area (Å²) in [5.74, 6) is 1.01. The Morgan fingerprint density at radius 3 is 2.87 bits per heavy atom. The van der Waals surface area contributed by atoms with Gasteiger partial charge in [0.2, 0.25) is 0 Å². The number of nitrogens with two attached hydrogens (primary N) is 2. The Morgan fingerprint density at radius 2 is 2.13 bits per heavy atom. The standard InChI is InChI=1S/C20H23N7O2S/c1-2-29-15-9-13(22)12(10-21)8-14(15)25-17-16-18(24-11-23-17)30-19(26-16)20(28)27-6-4-3-5-7-27/h8-11,21H,2-7,22H2,1H3,(H,23,24,25)/p+1. The van der Waals surface area contributed by atoms with Gasteiger partial charge in [-0.2, -0.15) is 0 Å². The number of likely N-dealkylation sites (tertiary alicyclic amines) is 1. The van der Waals surface area contributed by atoms with Gasteiger partial charge in [0.15, 0.2) is 17.0 Å². The molecule has 0 spiro atoms. The Morgan fingerprint density at radius 1 is 1.33 bits per heavy atom. The molecule has 1 aromatic carbocycles. The molecule has 3 heterocycles. The van der Waals surface area contributed by atoms with Crippen LogP contribution in [0.5, 0.6) is 5.75 Å². The van der Waals surface area contributed by atoms with Crippen LogP contribution in [0.15, 0.2) is 18.5 Å². The molecule has 1 amide bonds. The minimum absolute atomic E-state index is 0.0499. The quantitative estimate of drug-likeness (QED) is 0.403. The summed E-state index contributed by atoms with van der Waals surface area (Å²) in [6, 6.07) is 3.51. The maximum atomic E-state index is 12.9. The van der Waals surface area contributed by atoms with E-state index in [1.165, 1.54) is 23.9 Å². The average Bonchev–Trinajstić information content (AvgIpc) is 3.21. The van der Waals surface area contributed by atoms with E-state index in [2.05, 4.69) is 20.3 Å². The molecule has 0 unspecified atom stereocenters. The highest BCUT2D eigenvalue weighted by Gasteiger charge is 2.23. The second kappa shape index (κ2) is 8.62. The zero-order chi connectivity index (χ0) is 21.1. The number of nitrogen functional groups attached to an aromatic ring is 1. The molecule has 1 aliphatic rings. The molecule has 0 aliphatic carbocycles. The van der Waals surface area contributed by atoms with Gasteiger partial charge in [-0.15, -0.1) is 0 Å². The summed E-state index contributed by atoms with van der Waals surface area (Å²) in [6.45, 7) is 3.91. The highest BCUT2D eigenvalue weighted by atomic mass is 32.1. The first-order chi connectivity index (χ1) is 14.6. The molecule has 156 valence electrons. The minimum atomic E-state index is -0.0499. The van der Waals surface area contributed by atoms with E-state index in [1.54, 1.807) is 12.1 Å². The van der Waals surface area contributed by atoms with E-state index < -0.39 is 0 Å². The van der Waals surface area contributed by atoms with Gasteiger partial charge in [0.05, 0.1) is 17.9 Å². The van der Waals surface area contributed by atoms with Crippen LogP contribution in [0.2, 0.25) is 0 Å². The lowest BCUT2D eigenvalue weighted by Crippen LogP contribution is -2.35. The highest BCUT2D eigenvalue weighted by Crippen LogP contribution is 2.34. The molecule has 30 heavy (non-hydrogen) atoms. The van der Waals surface area contributed by atoms with Gasteiger partial charge in [-0.05, 0) is 32.3 Å².